The van der Waals surface area contributed by atoms with Crippen molar-refractivity contribution in [1.82, 2.24) is 9.62 Å². The van der Waals surface area contributed by atoms with Crippen LogP contribution in [-0.2, 0) is 19.6 Å². The van der Waals surface area contributed by atoms with Crippen molar-refractivity contribution in [2.75, 3.05) is 47.6 Å². The third kappa shape index (κ3) is 5.33. The fourth-order valence-corrected chi connectivity index (χ4v) is 4.77. The Kier molecular flexibility index (Phi) is 7.88. The molecule has 9 heteroatoms. The van der Waals surface area contributed by atoms with Crippen LogP contribution in [0.15, 0.2) is 23.1 Å². The molecule has 1 aromatic carbocycles. The van der Waals surface area contributed by atoms with Gasteiger partial charge in [-0.2, -0.15) is 4.31 Å². The molecule has 1 N–H and O–H groups in total. The van der Waals surface area contributed by atoms with Gasteiger partial charge in [-0.15, -0.1) is 0 Å². The predicted octanol–water partition coefficient (Wildman–Crippen LogP) is 1.26. The van der Waals surface area contributed by atoms with Crippen molar-refractivity contribution in [3.05, 3.63) is 18.2 Å². The maximum Gasteiger partial charge on any atom is 0.246 e. The summed E-state index contributed by atoms with van der Waals surface area (Å²) in [5, 5.41) is 2.85. The minimum atomic E-state index is -3.80. The summed E-state index contributed by atoms with van der Waals surface area (Å²) < 4.78 is 43.0. The van der Waals surface area contributed by atoms with E-state index in [1.165, 1.54) is 24.6 Å². The second-order valence-corrected chi connectivity index (χ2v) is 8.26. The van der Waals surface area contributed by atoms with Gasteiger partial charge < -0.3 is 19.5 Å². The fourth-order valence-electron chi connectivity index (χ4n) is 3.07. The molecule has 8 nitrogen and oxygen atoms in total. The summed E-state index contributed by atoms with van der Waals surface area (Å²) in [6.07, 6.45) is 2.01. The Labute approximate surface area is 160 Å². The molecule has 0 unspecified atom stereocenters. The first-order chi connectivity index (χ1) is 12.9. The summed E-state index contributed by atoms with van der Waals surface area (Å²) in [6, 6.07) is 4.66. The van der Waals surface area contributed by atoms with Gasteiger partial charge in [-0.05, 0) is 31.4 Å². The number of carbonyl (C=O) groups excluding carboxylic acids is 1. The first-order valence-electron chi connectivity index (χ1n) is 8.93. The highest BCUT2D eigenvalue weighted by Gasteiger charge is 2.35. The van der Waals surface area contributed by atoms with Gasteiger partial charge in [0.1, 0.15) is 16.4 Å². The Bertz CT molecular complexity index is 737. The molecular weight excluding hydrogens is 372 g/mol. The molecule has 0 saturated carbocycles. The number of rotatable bonds is 9. The summed E-state index contributed by atoms with van der Waals surface area (Å²) in [6.45, 7) is 1.61. The van der Waals surface area contributed by atoms with Gasteiger partial charge in [0.15, 0.2) is 0 Å². The first kappa shape index (κ1) is 21.5. The fraction of sp³-hybridized carbons (Fsp3) is 0.611. The first-order valence-corrected chi connectivity index (χ1v) is 10.4. The van der Waals surface area contributed by atoms with E-state index in [0.29, 0.717) is 38.3 Å². The zero-order valence-electron chi connectivity index (χ0n) is 16.1. The van der Waals surface area contributed by atoms with E-state index >= 15 is 0 Å². The lowest BCUT2D eigenvalue weighted by Gasteiger charge is -2.31. The molecule has 1 heterocycles. The Morgan fingerprint density at radius 2 is 2.04 bits per heavy atom. The molecule has 0 bridgehead atoms. The highest BCUT2D eigenvalue weighted by atomic mass is 32.2. The third-order valence-corrected chi connectivity index (χ3v) is 6.45. The van der Waals surface area contributed by atoms with Gasteiger partial charge in [0.2, 0.25) is 15.9 Å². The smallest absolute Gasteiger partial charge is 0.246 e. The lowest BCUT2D eigenvalue weighted by atomic mass is 9.99. The van der Waals surface area contributed by atoms with E-state index in [4.69, 9.17) is 14.2 Å². The summed E-state index contributed by atoms with van der Waals surface area (Å²) in [5.41, 5.74) is 0. The van der Waals surface area contributed by atoms with Crippen molar-refractivity contribution >= 4 is 15.9 Å². The molecule has 0 radical (unpaired) electrons. The SMILES string of the molecule is COCCCNC(=O)[C@@H]1CCCN(S(=O)(=O)c2cc(OC)ccc2OC)C1. The summed E-state index contributed by atoms with van der Waals surface area (Å²) in [5.74, 6) is 0.192. The Hall–Kier alpha value is -1.84. The average Bonchev–Trinajstić information content (AvgIpc) is 2.70. The Morgan fingerprint density at radius 3 is 2.70 bits per heavy atom. The van der Waals surface area contributed by atoms with Crippen LogP contribution in [0.5, 0.6) is 11.5 Å². The van der Waals surface area contributed by atoms with E-state index in [0.717, 1.165) is 6.42 Å². The normalized spacial score (nSPS) is 18.1. The summed E-state index contributed by atoms with van der Waals surface area (Å²) in [4.78, 5) is 12.4. The van der Waals surface area contributed by atoms with Crippen LogP contribution in [0.3, 0.4) is 0 Å². The molecule has 27 heavy (non-hydrogen) atoms. The quantitative estimate of drug-likeness (QED) is 0.627. The van der Waals surface area contributed by atoms with Crippen LogP contribution in [-0.4, -0.2) is 66.2 Å². The number of piperidine rings is 1. The Morgan fingerprint density at radius 1 is 1.26 bits per heavy atom. The van der Waals surface area contributed by atoms with Crippen LogP contribution in [0.1, 0.15) is 19.3 Å². The number of nitrogens with zero attached hydrogens (tertiary/aromatic N) is 1. The standard InChI is InChI=1S/C18H28N2O6S/c1-24-11-5-9-19-18(21)14-6-4-10-20(13-14)27(22,23)17-12-15(25-2)7-8-16(17)26-3/h7-8,12,14H,4-6,9-11,13H2,1-3H3,(H,19,21)/t14-/m1/s1. The maximum atomic E-state index is 13.1. The minimum absolute atomic E-state index is 0.0468. The molecule has 1 aliphatic heterocycles. The van der Waals surface area contributed by atoms with Crippen molar-refractivity contribution in [1.29, 1.82) is 0 Å². The highest BCUT2D eigenvalue weighted by molar-refractivity contribution is 7.89. The number of hydrogen-bond donors (Lipinski definition) is 1. The van der Waals surface area contributed by atoms with E-state index in [-0.39, 0.29) is 29.0 Å². The van der Waals surface area contributed by atoms with Crippen LogP contribution in [0.4, 0.5) is 0 Å². The van der Waals surface area contributed by atoms with Crippen LogP contribution in [0, 0.1) is 5.92 Å². The lowest BCUT2D eigenvalue weighted by Crippen LogP contribution is -2.45. The van der Waals surface area contributed by atoms with Crippen LogP contribution >= 0.6 is 0 Å². The van der Waals surface area contributed by atoms with Crippen molar-refractivity contribution in [3.63, 3.8) is 0 Å². The largest absolute Gasteiger partial charge is 0.497 e. The average molecular weight is 400 g/mol. The highest BCUT2D eigenvalue weighted by Crippen LogP contribution is 2.32. The zero-order valence-corrected chi connectivity index (χ0v) is 16.9. The van der Waals surface area contributed by atoms with Crippen molar-refractivity contribution in [3.8, 4) is 11.5 Å². The summed E-state index contributed by atoms with van der Waals surface area (Å²) >= 11 is 0. The number of carbonyl (C=O) groups is 1. The number of benzene rings is 1. The van der Waals surface area contributed by atoms with Crippen LogP contribution < -0.4 is 14.8 Å². The molecule has 1 atom stereocenters. The zero-order chi connectivity index (χ0) is 19.9. The monoisotopic (exact) mass is 400 g/mol. The molecule has 0 aliphatic carbocycles. The van der Waals surface area contributed by atoms with Gasteiger partial charge in [-0.25, -0.2) is 8.42 Å². The number of methoxy groups -OCH3 is 3. The molecule has 1 amide bonds. The van der Waals surface area contributed by atoms with Crippen molar-refractivity contribution < 1.29 is 27.4 Å². The molecular formula is C18H28N2O6S. The van der Waals surface area contributed by atoms with E-state index in [9.17, 15) is 13.2 Å². The lowest BCUT2D eigenvalue weighted by molar-refractivity contribution is -0.126. The molecule has 1 saturated heterocycles. The molecule has 2 rings (SSSR count). The summed E-state index contributed by atoms with van der Waals surface area (Å²) in [7, 11) is 0.704. The van der Waals surface area contributed by atoms with Gasteiger partial charge in [-0.1, -0.05) is 0 Å². The van der Waals surface area contributed by atoms with Gasteiger partial charge >= 0.3 is 0 Å². The topological polar surface area (TPSA) is 94.2 Å². The van der Waals surface area contributed by atoms with Crippen molar-refractivity contribution in [2.45, 2.75) is 24.2 Å². The molecule has 0 spiro atoms. The van der Waals surface area contributed by atoms with Crippen molar-refractivity contribution in [2.24, 2.45) is 5.92 Å². The number of amides is 1. The second kappa shape index (κ2) is 9.91. The maximum absolute atomic E-state index is 13.1. The number of ether oxygens (including phenoxy) is 3. The minimum Gasteiger partial charge on any atom is -0.497 e. The van der Waals surface area contributed by atoms with E-state index in [1.54, 1.807) is 19.2 Å². The van der Waals surface area contributed by atoms with E-state index in [1.807, 2.05) is 0 Å². The third-order valence-electron chi connectivity index (χ3n) is 4.57. The van der Waals surface area contributed by atoms with Crippen LogP contribution in [0.25, 0.3) is 0 Å². The molecule has 1 fully saturated rings. The van der Waals surface area contributed by atoms with Gasteiger partial charge in [0.25, 0.3) is 0 Å². The van der Waals surface area contributed by atoms with E-state index in [2.05, 4.69) is 5.32 Å². The number of nitrogens with one attached hydrogen (secondary N) is 1. The number of hydrogen-bond acceptors (Lipinski definition) is 6. The van der Waals surface area contributed by atoms with Gasteiger partial charge in [0, 0.05) is 39.4 Å². The van der Waals surface area contributed by atoms with Gasteiger partial charge in [0.05, 0.1) is 20.1 Å². The van der Waals surface area contributed by atoms with E-state index < -0.39 is 10.0 Å². The predicted molar refractivity (Wildman–Crippen MR) is 101 cm³/mol. The molecule has 1 aliphatic rings. The number of sulfonamides is 1. The second-order valence-electron chi connectivity index (χ2n) is 6.36. The molecule has 1 aromatic rings. The molecule has 0 aromatic heterocycles. The van der Waals surface area contributed by atoms with Crippen LogP contribution in [0.2, 0.25) is 0 Å². The van der Waals surface area contributed by atoms with Gasteiger partial charge in [-0.3, -0.25) is 4.79 Å². The molecule has 152 valence electrons. The Balaban J connectivity index is 2.13.